The molecule has 0 saturated carbocycles. The summed E-state index contributed by atoms with van der Waals surface area (Å²) in [6.45, 7) is 0. The SMILES string of the molecule is O=C(O)c1ccc2ccccc2c1S(=O)(=O)O.[H-].[H-].[Na+].[Na+]. The maximum Gasteiger partial charge on any atom is 1.00 e. The van der Waals surface area contributed by atoms with Gasteiger partial charge in [0.25, 0.3) is 10.1 Å². The second-order valence-electron chi connectivity index (χ2n) is 3.44. The quantitative estimate of drug-likeness (QED) is 0.436. The predicted molar refractivity (Wildman–Crippen MR) is 62.9 cm³/mol. The van der Waals surface area contributed by atoms with Gasteiger partial charge < -0.3 is 7.96 Å². The van der Waals surface area contributed by atoms with Crippen molar-refractivity contribution in [2.45, 2.75) is 4.90 Å². The molecule has 0 saturated heterocycles. The van der Waals surface area contributed by atoms with Crippen LogP contribution in [0.25, 0.3) is 10.8 Å². The van der Waals surface area contributed by atoms with Crippen LogP contribution in [0.2, 0.25) is 0 Å². The average molecular weight is 300 g/mol. The molecule has 0 atom stereocenters. The van der Waals surface area contributed by atoms with Crippen LogP contribution in [-0.4, -0.2) is 24.0 Å². The first-order chi connectivity index (χ1) is 7.91. The van der Waals surface area contributed by atoms with Crippen molar-refractivity contribution in [1.29, 1.82) is 0 Å². The molecule has 0 aromatic heterocycles. The van der Waals surface area contributed by atoms with Crippen molar-refractivity contribution in [3.8, 4) is 0 Å². The molecule has 2 aromatic carbocycles. The van der Waals surface area contributed by atoms with Gasteiger partial charge in [-0.05, 0) is 11.5 Å². The zero-order chi connectivity index (χ0) is 12.6. The molecular formula is C11H10Na2O5S. The van der Waals surface area contributed by atoms with E-state index in [-0.39, 0.29) is 67.4 Å². The van der Waals surface area contributed by atoms with Gasteiger partial charge in [0.05, 0.1) is 5.56 Å². The third-order valence-electron chi connectivity index (χ3n) is 2.37. The number of benzene rings is 2. The molecule has 0 aliphatic heterocycles. The van der Waals surface area contributed by atoms with Crippen LogP contribution in [0.4, 0.5) is 0 Å². The Kier molecular flexibility index (Phi) is 7.22. The van der Waals surface area contributed by atoms with Crippen molar-refractivity contribution in [3.05, 3.63) is 42.0 Å². The minimum absolute atomic E-state index is 0. The fourth-order valence-electron chi connectivity index (χ4n) is 1.69. The number of hydrogen-bond donors (Lipinski definition) is 2. The summed E-state index contributed by atoms with van der Waals surface area (Å²) in [5, 5.41) is 9.65. The normalized spacial score (nSPS) is 10.4. The Morgan fingerprint density at radius 1 is 1.05 bits per heavy atom. The van der Waals surface area contributed by atoms with Crippen molar-refractivity contribution in [3.63, 3.8) is 0 Å². The van der Waals surface area contributed by atoms with Gasteiger partial charge in [0.15, 0.2) is 0 Å². The maximum atomic E-state index is 11.3. The van der Waals surface area contributed by atoms with Crippen LogP contribution in [-0.2, 0) is 10.1 Å². The number of fused-ring (bicyclic) bond motifs is 1. The van der Waals surface area contributed by atoms with Gasteiger partial charge in [-0.3, -0.25) is 4.55 Å². The summed E-state index contributed by atoms with van der Waals surface area (Å²) in [6.07, 6.45) is 0. The molecule has 0 spiro atoms. The topological polar surface area (TPSA) is 91.7 Å². The summed E-state index contributed by atoms with van der Waals surface area (Å²) in [5.74, 6) is -1.40. The molecular weight excluding hydrogens is 290 g/mol. The largest absolute Gasteiger partial charge is 1.00 e. The fourth-order valence-corrected chi connectivity index (χ4v) is 2.59. The maximum absolute atomic E-state index is 11.3. The van der Waals surface area contributed by atoms with Crippen LogP contribution in [0.15, 0.2) is 41.3 Å². The number of carboxylic acids is 1. The molecule has 92 valence electrons. The smallest absolute Gasteiger partial charge is 1.00 e. The van der Waals surface area contributed by atoms with Gasteiger partial charge in [-0.25, -0.2) is 4.79 Å². The fraction of sp³-hybridized carbons (Fsp3) is 0. The van der Waals surface area contributed by atoms with Crippen molar-refractivity contribution < 1.29 is 84.8 Å². The van der Waals surface area contributed by atoms with E-state index in [0.29, 0.717) is 5.39 Å². The zero-order valence-electron chi connectivity index (χ0n) is 12.5. The molecule has 2 rings (SSSR count). The minimum Gasteiger partial charge on any atom is -1.00 e. The van der Waals surface area contributed by atoms with Gasteiger partial charge >= 0.3 is 65.1 Å². The van der Waals surface area contributed by atoms with E-state index in [0.717, 1.165) is 6.07 Å². The third-order valence-corrected chi connectivity index (χ3v) is 3.32. The molecule has 0 unspecified atom stereocenters. The first kappa shape index (κ1) is 19.1. The van der Waals surface area contributed by atoms with E-state index in [1.165, 1.54) is 12.1 Å². The van der Waals surface area contributed by atoms with E-state index in [2.05, 4.69) is 0 Å². The number of rotatable bonds is 2. The van der Waals surface area contributed by atoms with E-state index >= 15 is 0 Å². The van der Waals surface area contributed by atoms with Crippen molar-refractivity contribution in [2.75, 3.05) is 0 Å². The van der Waals surface area contributed by atoms with Crippen LogP contribution in [0.3, 0.4) is 0 Å². The second-order valence-corrected chi connectivity index (χ2v) is 4.80. The molecule has 0 radical (unpaired) electrons. The van der Waals surface area contributed by atoms with E-state index in [1.807, 2.05) is 0 Å². The monoisotopic (exact) mass is 300 g/mol. The number of aromatic carboxylic acids is 1. The van der Waals surface area contributed by atoms with Crippen LogP contribution in [0.1, 0.15) is 13.2 Å². The first-order valence-electron chi connectivity index (χ1n) is 4.64. The molecule has 0 aliphatic carbocycles. The molecule has 0 aliphatic rings. The van der Waals surface area contributed by atoms with Gasteiger partial charge in [0, 0.05) is 5.39 Å². The summed E-state index contributed by atoms with van der Waals surface area (Å²) >= 11 is 0. The average Bonchev–Trinajstić information content (AvgIpc) is 2.26. The molecule has 2 N–H and O–H groups in total. The molecule has 0 amide bonds. The van der Waals surface area contributed by atoms with Crippen LogP contribution >= 0.6 is 0 Å². The van der Waals surface area contributed by atoms with E-state index in [9.17, 15) is 13.2 Å². The summed E-state index contributed by atoms with van der Waals surface area (Å²) in [6, 6.07) is 9.00. The second kappa shape index (κ2) is 7.19. The Bertz CT molecular complexity index is 722. The van der Waals surface area contributed by atoms with Crippen molar-refractivity contribution in [1.82, 2.24) is 0 Å². The van der Waals surface area contributed by atoms with E-state index in [4.69, 9.17) is 9.66 Å². The summed E-state index contributed by atoms with van der Waals surface area (Å²) in [5.41, 5.74) is -0.439. The Hall–Kier alpha value is 0.0800. The molecule has 0 heterocycles. The van der Waals surface area contributed by atoms with Gasteiger partial charge in [0.1, 0.15) is 4.90 Å². The number of carboxylic acid groups (broad SMARTS) is 1. The van der Waals surface area contributed by atoms with E-state index < -0.39 is 26.5 Å². The van der Waals surface area contributed by atoms with Crippen molar-refractivity contribution in [2.24, 2.45) is 0 Å². The minimum atomic E-state index is -4.59. The predicted octanol–water partition coefficient (Wildman–Crippen LogP) is -3.98. The molecule has 19 heavy (non-hydrogen) atoms. The molecule has 0 bridgehead atoms. The summed E-state index contributed by atoms with van der Waals surface area (Å²) < 4.78 is 31.7. The molecule has 8 heteroatoms. The van der Waals surface area contributed by atoms with Crippen LogP contribution in [0.5, 0.6) is 0 Å². The standard InChI is InChI=1S/C11H8O5S.2Na.2H/c12-11(13)9-6-5-7-3-1-2-4-8(7)10(9)17(14,15)16;;;;/h1-6H,(H,12,13)(H,14,15,16);;;;/q;2*+1;2*-1. The van der Waals surface area contributed by atoms with Crippen LogP contribution in [0, 0.1) is 0 Å². The third kappa shape index (κ3) is 4.03. The number of hydrogen-bond acceptors (Lipinski definition) is 3. The molecule has 2 aromatic rings. The Morgan fingerprint density at radius 2 is 1.63 bits per heavy atom. The summed E-state index contributed by atoms with van der Waals surface area (Å²) in [7, 11) is -4.59. The van der Waals surface area contributed by atoms with Gasteiger partial charge in [-0.1, -0.05) is 30.3 Å². The van der Waals surface area contributed by atoms with Crippen LogP contribution < -0.4 is 59.1 Å². The Morgan fingerprint density at radius 3 is 2.16 bits per heavy atom. The molecule has 5 nitrogen and oxygen atoms in total. The molecule has 0 fully saturated rings. The van der Waals surface area contributed by atoms with Gasteiger partial charge in [-0.15, -0.1) is 0 Å². The zero-order valence-corrected chi connectivity index (χ0v) is 15.3. The first-order valence-corrected chi connectivity index (χ1v) is 6.08. The number of carbonyl (C=O) groups is 1. The van der Waals surface area contributed by atoms with Crippen molar-refractivity contribution >= 4 is 26.9 Å². The van der Waals surface area contributed by atoms with Gasteiger partial charge in [-0.2, -0.15) is 8.42 Å². The van der Waals surface area contributed by atoms with Gasteiger partial charge in [0.2, 0.25) is 0 Å². The van der Waals surface area contributed by atoms with E-state index in [1.54, 1.807) is 18.2 Å². The Balaban J connectivity index is -0.000000810. The Labute approximate surface area is 157 Å². The summed E-state index contributed by atoms with van der Waals surface area (Å²) in [4.78, 5) is 10.4.